The molecule has 1 aromatic rings. The Morgan fingerprint density at radius 2 is 2.35 bits per heavy atom. The largest absolute Gasteiger partial charge is 0.393 e. The quantitative estimate of drug-likeness (QED) is 0.724. The van der Waals surface area contributed by atoms with E-state index < -0.39 is 35.6 Å². The molecule has 2 atom stereocenters. The number of aromatic nitrogens is 2. The average molecular weight is 248 g/mol. The second kappa shape index (κ2) is 4.04. The molecule has 0 unspecified atom stereocenters. The minimum atomic E-state index is -1.95. The minimum absolute atomic E-state index is 0.283. The molecule has 1 aromatic heterocycles. The molecular weight excluding hydrogens is 238 g/mol. The van der Waals surface area contributed by atoms with Gasteiger partial charge in [0.15, 0.2) is 5.67 Å². The summed E-state index contributed by atoms with van der Waals surface area (Å²) in [6.07, 6.45) is -0.657. The fourth-order valence-electron chi connectivity index (χ4n) is 1.64. The maximum atomic E-state index is 13.6. The molecule has 1 fully saturated rings. The van der Waals surface area contributed by atoms with Gasteiger partial charge in [0, 0.05) is 6.42 Å². The Balaban J connectivity index is 2.34. The third-order valence-electron chi connectivity index (χ3n) is 2.59. The van der Waals surface area contributed by atoms with Crippen LogP contribution in [0.5, 0.6) is 0 Å². The predicted octanol–water partition coefficient (Wildman–Crippen LogP) is -0.705. The van der Waals surface area contributed by atoms with Crippen LogP contribution < -0.4 is 11.2 Å². The zero-order chi connectivity index (χ0) is 12.6. The first-order valence-electron chi connectivity index (χ1n) is 4.87. The first-order chi connectivity index (χ1) is 7.95. The van der Waals surface area contributed by atoms with Crippen molar-refractivity contribution in [1.82, 2.24) is 9.55 Å². The Kier molecular flexibility index (Phi) is 2.84. The smallest absolute Gasteiger partial charge is 0.330 e. The summed E-state index contributed by atoms with van der Waals surface area (Å²) in [5.41, 5.74) is -3.97. The number of H-pyrrole nitrogens is 1. The Bertz CT molecular complexity index is 541. The molecule has 0 aliphatic carbocycles. The number of halogens is 2. The Hall–Kier alpha value is -1.54. The second-order valence-corrected chi connectivity index (χ2v) is 3.92. The average Bonchev–Trinajstić information content (AvgIpc) is 2.67. The van der Waals surface area contributed by atoms with Gasteiger partial charge >= 0.3 is 5.69 Å². The van der Waals surface area contributed by atoms with Crippen molar-refractivity contribution in [3.05, 3.63) is 32.9 Å². The van der Waals surface area contributed by atoms with Crippen molar-refractivity contribution in [1.29, 1.82) is 0 Å². The Labute approximate surface area is 93.5 Å². The maximum Gasteiger partial charge on any atom is 0.330 e. The van der Waals surface area contributed by atoms with Crippen LogP contribution in [0.15, 0.2) is 15.8 Å². The third kappa shape index (κ3) is 2.13. The van der Waals surface area contributed by atoms with Crippen LogP contribution in [-0.2, 0) is 4.74 Å². The van der Waals surface area contributed by atoms with Gasteiger partial charge in [-0.15, -0.1) is 0 Å². The first-order valence-corrected chi connectivity index (χ1v) is 4.87. The number of aliphatic hydroxyl groups is 1. The molecular formula is C9H10F2N2O4. The van der Waals surface area contributed by atoms with Crippen molar-refractivity contribution in [2.45, 2.75) is 18.3 Å². The van der Waals surface area contributed by atoms with Gasteiger partial charge in [-0.3, -0.25) is 14.3 Å². The summed E-state index contributed by atoms with van der Waals surface area (Å²) in [4.78, 5) is 23.9. The van der Waals surface area contributed by atoms with Crippen molar-refractivity contribution in [2.24, 2.45) is 0 Å². The Morgan fingerprint density at radius 3 is 2.94 bits per heavy atom. The number of nitrogens with zero attached hydrogens (tertiary/aromatic N) is 1. The standard InChI is InChI=1S/C9H10F2N2O4/c10-5-2-13(8(16)12-7(5)15)6-1-9(11,3-14)4-17-6/h2,6,14H,1,3-4H2,(H,12,15,16)/t6-,9+/m0/s1. The van der Waals surface area contributed by atoms with Crippen LogP contribution in [0.4, 0.5) is 8.78 Å². The molecule has 0 amide bonds. The van der Waals surface area contributed by atoms with Gasteiger partial charge in [-0.2, -0.15) is 4.39 Å². The fourth-order valence-corrected chi connectivity index (χ4v) is 1.64. The molecule has 2 heterocycles. The molecule has 94 valence electrons. The zero-order valence-corrected chi connectivity index (χ0v) is 8.65. The van der Waals surface area contributed by atoms with E-state index in [4.69, 9.17) is 9.84 Å². The molecule has 6 nitrogen and oxygen atoms in total. The van der Waals surface area contributed by atoms with Gasteiger partial charge in [0.2, 0.25) is 5.82 Å². The van der Waals surface area contributed by atoms with Crippen molar-refractivity contribution >= 4 is 0 Å². The number of aliphatic hydroxyl groups excluding tert-OH is 1. The van der Waals surface area contributed by atoms with Gasteiger partial charge in [-0.1, -0.05) is 0 Å². The second-order valence-electron chi connectivity index (χ2n) is 3.92. The number of nitrogens with one attached hydrogen (secondary N) is 1. The van der Waals surface area contributed by atoms with Gasteiger partial charge in [0.1, 0.15) is 6.23 Å². The summed E-state index contributed by atoms with van der Waals surface area (Å²) in [6, 6.07) is 0. The number of alkyl halides is 1. The molecule has 0 saturated carbocycles. The summed E-state index contributed by atoms with van der Waals surface area (Å²) in [5, 5.41) is 8.78. The number of ether oxygens (including phenoxy) is 1. The lowest BCUT2D eigenvalue weighted by atomic mass is 10.1. The van der Waals surface area contributed by atoms with E-state index in [2.05, 4.69) is 0 Å². The van der Waals surface area contributed by atoms with Gasteiger partial charge in [0.25, 0.3) is 5.56 Å². The molecule has 0 spiro atoms. The molecule has 0 radical (unpaired) electrons. The lowest BCUT2D eigenvalue weighted by Crippen LogP contribution is -2.34. The Morgan fingerprint density at radius 1 is 1.65 bits per heavy atom. The van der Waals surface area contributed by atoms with Crippen LogP contribution in [0.1, 0.15) is 12.6 Å². The molecule has 2 rings (SSSR count). The van der Waals surface area contributed by atoms with Crippen molar-refractivity contribution in [3.63, 3.8) is 0 Å². The summed E-state index contributed by atoms with van der Waals surface area (Å²) in [7, 11) is 0. The molecule has 2 N–H and O–H groups in total. The molecule has 0 aromatic carbocycles. The van der Waals surface area contributed by atoms with Crippen LogP contribution in [0.3, 0.4) is 0 Å². The molecule has 0 bridgehead atoms. The van der Waals surface area contributed by atoms with Crippen molar-refractivity contribution < 1.29 is 18.6 Å². The van der Waals surface area contributed by atoms with Crippen LogP contribution >= 0.6 is 0 Å². The van der Waals surface area contributed by atoms with Gasteiger partial charge in [-0.05, 0) is 0 Å². The molecule has 17 heavy (non-hydrogen) atoms. The highest BCUT2D eigenvalue weighted by molar-refractivity contribution is 4.93. The summed E-state index contributed by atoms with van der Waals surface area (Å²) < 4.78 is 32.3. The topological polar surface area (TPSA) is 84.3 Å². The van der Waals surface area contributed by atoms with E-state index in [-0.39, 0.29) is 13.0 Å². The van der Waals surface area contributed by atoms with Crippen molar-refractivity contribution in [3.8, 4) is 0 Å². The number of hydrogen-bond donors (Lipinski definition) is 2. The number of hydrogen-bond acceptors (Lipinski definition) is 4. The van der Waals surface area contributed by atoms with E-state index in [1.165, 1.54) is 0 Å². The monoisotopic (exact) mass is 248 g/mol. The SMILES string of the molecule is O=c1[nH]c(=O)n([C@@H]2C[C@@](F)(CO)CO2)cc1F. The predicted molar refractivity (Wildman–Crippen MR) is 51.8 cm³/mol. The number of rotatable bonds is 2. The van der Waals surface area contributed by atoms with Gasteiger partial charge in [-0.25, -0.2) is 9.18 Å². The van der Waals surface area contributed by atoms with E-state index in [9.17, 15) is 18.4 Å². The first kappa shape index (κ1) is 11.9. The summed E-state index contributed by atoms with van der Waals surface area (Å²) in [5.74, 6) is -1.16. The molecule has 1 aliphatic rings. The third-order valence-corrected chi connectivity index (χ3v) is 2.59. The van der Waals surface area contributed by atoms with Gasteiger partial charge < -0.3 is 9.84 Å². The fraction of sp³-hybridized carbons (Fsp3) is 0.556. The van der Waals surface area contributed by atoms with Crippen LogP contribution in [0.25, 0.3) is 0 Å². The van der Waals surface area contributed by atoms with E-state index in [1.54, 1.807) is 4.98 Å². The highest BCUT2D eigenvalue weighted by atomic mass is 19.1. The summed E-state index contributed by atoms with van der Waals surface area (Å²) in [6.45, 7) is -1.13. The van der Waals surface area contributed by atoms with Crippen LogP contribution in [0, 0.1) is 5.82 Å². The van der Waals surface area contributed by atoms with E-state index in [0.717, 1.165) is 4.57 Å². The minimum Gasteiger partial charge on any atom is -0.393 e. The van der Waals surface area contributed by atoms with Gasteiger partial charge in [0.05, 0.1) is 19.4 Å². The normalized spacial score (nSPS) is 28.5. The zero-order valence-electron chi connectivity index (χ0n) is 8.65. The van der Waals surface area contributed by atoms with Crippen LogP contribution in [-0.4, -0.2) is 33.5 Å². The summed E-state index contributed by atoms with van der Waals surface area (Å²) >= 11 is 0. The lowest BCUT2D eigenvalue weighted by molar-refractivity contribution is 0.0269. The molecule has 1 saturated heterocycles. The highest BCUT2D eigenvalue weighted by Gasteiger charge is 2.41. The maximum absolute atomic E-state index is 13.6. The number of aromatic amines is 1. The molecule has 1 aliphatic heterocycles. The van der Waals surface area contributed by atoms with Crippen molar-refractivity contribution in [2.75, 3.05) is 13.2 Å². The molecule has 8 heteroatoms. The van der Waals surface area contributed by atoms with E-state index >= 15 is 0 Å². The van der Waals surface area contributed by atoms with E-state index in [0.29, 0.717) is 6.20 Å². The van der Waals surface area contributed by atoms with Crippen LogP contribution in [0.2, 0.25) is 0 Å². The lowest BCUT2D eigenvalue weighted by Gasteiger charge is -2.14. The van der Waals surface area contributed by atoms with E-state index in [1.807, 2.05) is 0 Å². The highest BCUT2D eigenvalue weighted by Crippen LogP contribution is 2.32.